The number of aromatic nitrogens is 1. The molecule has 0 radical (unpaired) electrons. The van der Waals surface area contributed by atoms with Crippen LogP contribution in [0.15, 0.2) is 42.6 Å². The summed E-state index contributed by atoms with van der Waals surface area (Å²) in [5.41, 5.74) is 1.40. The first-order valence-corrected chi connectivity index (χ1v) is 6.51. The van der Waals surface area contributed by atoms with Gasteiger partial charge in [0.15, 0.2) is 0 Å². The van der Waals surface area contributed by atoms with E-state index in [1.807, 2.05) is 18.3 Å². The lowest BCUT2D eigenvalue weighted by molar-refractivity contribution is -0.137. The van der Waals surface area contributed by atoms with Crippen molar-refractivity contribution in [3.05, 3.63) is 59.4 Å². The number of benzene rings is 1. The van der Waals surface area contributed by atoms with Crippen molar-refractivity contribution in [3.63, 3.8) is 0 Å². The van der Waals surface area contributed by atoms with Crippen molar-refractivity contribution in [3.8, 4) is 0 Å². The normalized spacial score (nSPS) is 11.8. The molecule has 0 fully saturated rings. The van der Waals surface area contributed by atoms with Crippen LogP contribution in [0.1, 0.15) is 23.7 Å². The number of rotatable bonds is 5. The zero-order chi connectivity index (χ0) is 14.6. The maximum absolute atomic E-state index is 12.4. The van der Waals surface area contributed by atoms with Crippen LogP contribution in [0.4, 0.5) is 13.2 Å². The van der Waals surface area contributed by atoms with E-state index in [4.69, 9.17) is 0 Å². The fourth-order valence-corrected chi connectivity index (χ4v) is 2.06. The Hall–Kier alpha value is -1.75. The molecule has 1 aromatic carbocycles. The van der Waals surface area contributed by atoms with Gasteiger partial charge in [-0.05, 0) is 36.8 Å². The number of alkyl halides is 3. The van der Waals surface area contributed by atoms with Gasteiger partial charge in [-0.3, -0.25) is 0 Å². The zero-order valence-corrected chi connectivity index (χ0v) is 11.2. The van der Waals surface area contributed by atoms with Gasteiger partial charge in [0.05, 0.1) is 5.56 Å². The fraction of sp³-hybridized carbons (Fsp3) is 0.333. The minimum atomic E-state index is -4.27. The summed E-state index contributed by atoms with van der Waals surface area (Å²) >= 11 is 0. The van der Waals surface area contributed by atoms with Crippen LogP contribution in [0.5, 0.6) is 0 Å². The largest absolute Gasteiger partial charge is 0.416 e. The van der Waals surface area contributed by atoms with Crippen molar-refractivity contribution in [2.24, 2.45) is 0 Å². The molecule has 0 aliphatic carbocycles. The average Bonchev–Trinajstić information content (AvgIpc) is 2.86. The van der Waals surface area contributed by atoms with Gasteiger partial charge < -0.3 is 9.88 Å². The second-order valence-corrected chi connectivity index (χ2v) is 4.58. The smallest absolute Gasteiger partial charge is 0.351 e. The fourth-order valence-electron chi connectivity index (χ4n) is 2.06. The summed E-state index contributed by atoms with van der Waals surface area (Å²) in [5, 5.41) is 3.23. The Morgan fingerprint density at radius 1 is 1.05 bits per heavy atom. The minimum Gasteiger partial charge on any atom is -0.351 e. The van der Waals surface area contributed by atoms with E-state index in [0.717, 1.165) is 24.2 Å². The molecule has 1 N–H and O–H groups in total. The highest BCUT2D eigenvalue weighted by molar-refractivity contribution is 5.24. The number of nitrogens with one attached hydrogen (secondary N) is 1. The van der Waals surface area contributed by atoms with E-state index in [-0.39, 0.29) is 0 Å². The van der Waals surface area contributed by atoms with Gasteiger partial charge in [0.25, 0.3) is 0 Å². The molecular formula is C15H17F3N2. The van der Waals surface area contributed by atoms with E-state index in [2.05, 4.69) is 16.8 Å². The molecule has 0 unspecified atom stereocenters. The number of hydrogen-bond donors (Lipinski definition) is 1. The third kappa shape index (κ3) is 3.63. The molecule has 0 aliphatic heterocycles. The van der Waals surface area contributed by atoms with Gasteiger partial charge in [-0.2, -0.15) is 13.2 Å². The van der Waals surface area contributed by atoms with E-state index in [1.165, 1.54) is 17.8 Å². The van der Waals surface area contributed by atoms with Crippen LogP contribution in [-0.2, 0) is 25.8 Å². The Balaban J connectivity index is 1.88. The second kappa shape index (κ2) is 6.13. The summed E-state index contributed by atoms with van der Waals surface area (Å²) < 4.78 is 39.4. The van der Waals surface area contributed by atoms with E-state index in [1.54, 1.807) is 0 Å². The Bertz CT molecular complexity index is 541. The summed E-state index contributed by atoms with van der Waals surface area (Å²) in [7, 11) is 0. The molecule has 1 aromatic heterocycles. The molecular weight excluding hydrogens is 265 g/mol. The maximum atomic E-state index is 12.4. The van der Waals surface area contributed by atoms with Crippen LogP contribution in [0.2, 0.25) is 0 Å². The summed E-state index contributed by atoms with van der Waals surface area (Å²) in [5.74, 6) is 0. The van der Waals surface area contributed by atoms with Gasteiger partial charge >= 0.3 is 6.18 Å². The highest BCUT2D eigenvalue weighted by Gasteiger charge is 2.29. The number of halogens is 3. The van der Waals surface area contributed by atoms with E-state index < -0.39 is 11.7 Å². The van der Waals surface area contributed by atoms with Gasteiger partial charge in [-0.1, -0.05) is 12.1 Å². The average molecular weight is 282 g/mol. The summed E-state index contributed by atoms with van der Waals surface area (Å²) in [6.45, 7) is 4.22. The number of hydrogen-bond acceptors (Lipinski definition) is 1. The van der Waals surface area contributed by atoms with Crippen LogP contribution in [0.25, 0.3) is 0 Å². The first-order valence-electron chi connectivity index (χ1n) is 6.51. The van der Waals surface area contributed by atoms with Crippen LogP contribution in [-0.4, -0.2) is 4.57 Å². The number of nitrogens with zero attached hydrogens (tertiary/aromatic N) is 1. The zero-order valence-electron chi connectivity index (χ0n) is 11.2. The molecule has 5 heteroatoms. The molecule has 108 valence electrons. The summed E-state index contributed by atoms with van der Waals surface area (Å²) in [4.78, 5) is 0. The van der Waals surface area contributed by atoms with Crippen LogP contribution < -0.4 is 5.32 Å². The van der Waals surface area contributed by atoms with Crippen molar-refractivity contribution in [2.45, 2.75) is 32.7 Å². The van der Waals surface area contributed by atoms with Crippen molar-refractivity contribution in [1.82, 2.24) is 9.88 Å². The maximum Gasteiger partial charge on any atom is 0.416 e. The SMILES string of the molecule is CCn1cccc1CNCc1ccc(C(F)(F)F)cc1. The van der Waals surface area contributed by atoms with Crippen molar-refractivity contribution in [2.75, 3.05) is 0 Å². The van der Waals surface area contributed by atoms with Crippen LogP contribution >= 0.6 is 0 Å². The lowest BCUT2D eigenvalue weighted by Crippen LogP contribution is -2.15. The van der Waals surface area contributed by atoms with Gasteiger partial charge in [-0.15, -0.1) is 0 Å². The highest BCUT2D eigenvalue weighted by atomic mass is 19.4. The molecule has 20 heavy (non-hydrogen) atoms. The lowest BCUT2D eigenvalue weighted by Gasteiger charge is -2.10. The first kappa shape index (κ1) is 14.7. The topological polar surface area (TPSA) is 17.0 Å². The van der Waals surface area contributed by atoms with Crippen molar-refractivity contribution in [1.29, 1.82) is 0 Å². The quantitative estimate of drug-likeness (QED) is 0.882. The molecule has 0 bridgehead atoms. The van der Waals surface area contributed by atoms with Gasteiger partial charge in [0, 0.05) is 31.5 Å². The van der Waals surface area contributed by atoms with Crippen LogP contribution in [0, 0.1) is 0 Å². The molecule has 1 heterocycles. The predicted octanol–water partition coefficient (Wildman–Crippen LogP) is 3.82. The monoisotopic (exact) mass is 282 g/mol. The molecule has 2 aromatic rings. The highest BCUT2D eigenvalue weighted by Crippen LogP contribution is 2.29. The predicted molar refractivity (Wildman–Crippen MR) is 72.1 cm³/mol. The van der Waals surface area contributed by atoms with Crippen molar-refractivity contribution < 1.29 is 13.2 Å². The van der Waals surface area contributed by atoms with E-state index in [9.17, 15) is 13.2 Å². The lowest BCUT2D eigenvalue weighted by atomic mass is 10.1. The molecule has 2 rings (SSSR count). The van der Waals surface area contributed by atoms with Crippen LogP contribution in [0.3, 0.4) is 0 Å². The molecule has 0 aliphatic rings. The van der Waals surface area contributed by atoms with Crippen molar-refractivity contribution >= 4 is 0 Å². The molecule has 0 atom stereocenters. The number of aryl methyl sites for hydroxylation is 1. The third-order valence-electron chi connectivity index (χ3n) is 3.18. The van der Waals surface area contributed by atoms with E-state index in [0.29, 0.717) is 13.1 Å². The van der Waals surface area contributed by atoms with E-state index >= 15 is 0 Å². The third-order valence-corrected chi connectivity index (χ3v) is 3.18. The minimum absolute atomic E-state index is 0.549. The first-order chi connectivity index (χ1) is 9.50. The summed E-state index contributed by atoms with van der Waals surface area (Å²) in [6.07, 6.45) is -2.26. The molecule has 0 saturated carbocycles. The Labute approximate surface area is 116 Å². The molecule has 0 spiro atoms. The summed E-state index contributed by atoms with van der Waals surface area (Å²) in [6, 6.07) is 9.27. The molecule has 2 nitrogen and oxygen atoms in total. The molecule has 0 saturated heterocycles. The Morgan fingerprint density at radius 3 is 2.35 bits per heavy atom. The Morgan fingerprint density at radius 2 is 1.75 bits per heavy atom. The standard InChI is InChI=1S/C15H17F3N2/c1-2-20-9-3-4-14(20)11-19-10-12-5-7-13(8-6-12)15(16,17)18/h3-9,19H,2,10-11H2,1H3. The Kier molecular flexibility index (Phi) is 4.49. The molecule has 0 amide bonds. The van der Waals surface area contributed by atoms with Gasteiger partial charge in [0.2, 0.25) is 0 Å². The van der Waals surface area contributed by atoms with Gasteiger partial charge in [0.1, 0.15) is 0 Å². The second-order valence-electron chi connectivity index (χ2n) is 4.58. The van der Waals surface area contributed by atoms with Gasteiger partial charge in [-0.25, -0.2) is 0 Å².